The Labute approximate surface area is 105 Å². The number of nitrogens with zero attached hydrogens (tertiary/aromatic N) is 3. The van der Waals surface area contributed by atoms with Crippen molar-refractivity contribution < 1.29 is 14.7 Å². The Morgan fingerprint density at radius 1 is 1.56 bits per heavy atom. The number of rotatable bonds is 6. The molecule has 7 nitrogen and oxygen atoms in total. The number of hydrogen-bond donors (Lipinski definition) is 2. The third-order valence-electron chi connectivity index (χ3n) is 2.57. The van der Waals surface area contributed by atoms with Crippen LogP contribution >= 0.6 is 0 Å². The Kier molecular flexibility index (Phi) is 5.16. The van der Waals surface area contributed by atoms with Crippen molar-refractivity contribution in [3.63, 3.8) is 0 Å². The molecule has 1 rings (SSSR count). The number of urea groups is 1. The molecule has 0 spiro atoms. The lowest BCUT2D eigenvalue weighted by molar-refractivity contribution is -0.137. The summed E-state index contributed by atoms with van der Waals surface area (Å²) in [6.45, 7) is 2.27. The number of hydrogen-bond acceptors (Lipinski definition) is 3. The molecule has 0 aliphatic heterocycles. The van der Waals surface area contributed by atoms with E-state index < -0.39 is 5.97 Å². The van der Waals surface area contributed by atoms with E-state index in [1.165, 1.54) is 4.90 Å². The van der Waals surface area contributed by atoms with Crippen LogP contribution in [0.15, 0.2) is 12.3 Å². The predicted octanol–water partition coefficient (Wildman–Crippen LogP) is 0.0787. The number of carbonyl (C=O) groups is 2. The summed E-state index contributed by atoms with van der Waals surface area (Å²) in [6, 6.07) is 1.52. The van der Waals surface area contributed by atoms with Gasteiger partial charge >= 0.3 is 12.0 Å². The van der Waals surface area contributed by atoms with Crippen LogP contribution in [0.2, 0.25) is 0 Å². The summed E-state index contributed by atoms with van der Waals surface area (Å²) in [5.74, 6) is -1.02. The Hall–Kier alpha value is -2.05. The molecule has 1 aromatic heterocycles. The molecule has 100 valence electrons. The van der Waals surface area contributed by atoms with Crippen LogP contribution in [0.5, 0.6) is 0 Å². The van der Waals surface area contributed by atoms with Gasteiger partial charge in [0.15, 0.2) is 0 Å². The molecule has 18 heavy (non-hydrogen) atoms. The van der Waals surface area contributed by atoms with E-state index in [0.717, 1.165) is 5.69 Å². The first-order valence-electron chi connectivity index (χ1n) is 5.76. The lowest BCUT2D eigenvalue weighted by Gasteiger charge is -2.19. The van der Waals surface area contributed by atoms with Crippen molar-refractivity contribution in [2.75, 3.05) is 19.6 Å². The second-order valence-corrected chi connectivity index (χ2v) is 3.84. The molecule has 0 unspecified atom stereocenters. The highest BCUT2D eigenvalue weighted by atomic mass is 16.4. The second kappa shape index (κ2) is 6.63. The number of carbonyl (C=O) groups excluding carboxylic acids is 1. The summed E-state index contributed by atoms with van der Waals surface area (Å²) in [5, 5.41) is 15.4. The van der Waals surface area contributed by atoms with Crippen molar-refractivity contribution in [2.45, 2.75) is 13.3 Å². The molecule has 2 amide bonds. The highest BCUT2D eigenvalue weighted by Gasteiger charge is 2.14. The van der Waals surface area contributed by atoms with Gasteiger partial charge in [-0.3, -0.25) is 9.48 Å². The third-order valence-corrected chi connectivity index (χ3v) is 2.57. The van der Waals surface area contributed by atoms with Crippen LogP contribution < -0.4 is 5.32 Å². The average molecular weight is 254 g/mol. The number of amides is 2. The minimum Gasteiger partial charge on any atom is -0.480 e. The summed E-state index contributed by atoms with van der Waals surface area (Å²) in [7, 11) is 1.83. The normalized spacial score (nSPS) is 10.1. The highest BCUT2D eigenvalue weighted by molar-refractivity contribution is 5.79. The maximum absolute atomic E-state index is 11.7. The van der Waals surface area contributed by atoms with Crippen molar-refractivity contribution in [3.05, 3.63) is 18.0 Å². The van der Waals surface area contributed by atoms with Crippen LogP contribution in [0.3, 0.4) is 0 Å². The summed E-state index contributed by atoms with van der Waals surface area (Å²) in [5.41, 5.74) is 1.01. The first-order valence-corrected chi connectivity index (χ1v) is 5.76. The standard InChI is InChI=1S/C11H18N4O3/c1-3-15(8-10(16)17)11(18)12-6-4-9-5-7-13-14(9)2/h5,7H,3-4,6,8H2,1-2H3,(H,12,18)(H,16,17). The number of nitrogens with one attached hydrogen (secondary N) is 1. The topological polar surface area (TPSA) is 87.5 Å². The maximum Gasteiger partial charge on any atom is 0.323 e. The largest absolute Gasteiger partial charge is 0.480 e. The quantitative estimate of drug-likeness (QED) is 0.752. The number of likely N-dealkylation sites (N-methyl/N-ethyl adjacent to an activating group) is 1. The molecule has 0 bridgehead atoms. The van der Waals surface area contributed by atoms with Crippen LogP contribution in [-0.2, 0) is 18.3 Å². The van der Waals surface area contributed by atoms with Crippen LogP contribution in [0.4, 0.5) is 4.79 Å². The Morgan fingerprint density at radius 2 is 2.28 bits per heavy atom. The zero-order valence-corrected chi connectivity index (χ0v) is 10.6. The van der Waals surface area contributed by atoms with E-state index in [2.05, 4.69) is 10.4 Å². The van der Waals surface area contributed by atoms with Crippen LogP contribution in [0.25, 0.3) is 0 Å². The first-order chi connectivity index (χ1) is 8.54. The molecule has 0 aromatic carbocycles. The molecule has 0 saturated heterocycles. The van der Waals surface area contributed by atoms with E-state index in [4.69, 9.17) is 5.11 Å². The monoisotopic (exact) mass is 254 g/mol. The van der Waals surface area contributed by atoms with Crippen LogP contribution in [-0.4, -0.2) is 51.4 Å². The van der Waals surface area contributed by atoms with E-state index in [9.17, 15) is 9.59 Å². The zero-order chi connectivity index (χ0) is 13.5. The van der Waals surface area contributed by atoms with Gasteiger partial charge in [-0.2, -0.15) is 5.10 Å². The molecule has 0 radical (unpaired) electrons. The van der Waals surface area contributed by atoms with Gasteiger partial charge in [0.1, 0.15) is 6.54 Å². The van der Waals surface area contributed by atoms with Gasteiger partial charge in [-0.15, -0.1) is 0 Å². The van der Waals surface area contributed by atoms with Crippen molar-refractivity contribution in [2.24, 2.45) is 7.05 Å². The average Bonchev–Trinajstić information content (AvgIpc) is 2.71. The van der Waals surface area contributed by atoms with Crippen LogP contribution in [0, 0.1) is 0 Å². The van der Waals surface area contributed by atoms with E-state index in [-0.39, 0.29) is 12.6 Å². The van der Waals surface area contributed by atoms with Gasteiger partial charge in [-0.1, -0.05) is 0 Å². The summed E-state index contributed by atoms with van der Waals surface area (Å²) >= 11 is 0. The molecule has 0 saturated carbocycles. The van der Waals surface area contributed by atoms with E-state index in [1.54, 1.807) is 17.8 Å². The Morgan fingerprint density at radius 3 is 2.78 bits per heavy atom. The molecule has 2 N–H and O–H groups in total. The molecular weight excluding hydrogens is 236 g/mol. The van der Waals surface area contributed by atoms with Crippen molar-refractivity contribution >= 4 is 12.0 Å². The molecule has 0 aliphatic carbocycles. The van der Waals surface area contributed by atoms with Gasteiger partial charge in [0.05, 0.1) is 0 Å². The minimum absolute atomic E-state index is 0.284. The van der Waals surface area contributed by atoms with Crippen molar-refractivity contribution in [1.82, 2.24) is 20.0 Å². The van der Waals surface area contributed by atoms with E-state index in [0.29, 0.717) is 19.5 Å². The number of carboxylic acids is 1. The molecule has 0 atom stereocenters. The van der Waals surface area contributed by atoms with Crippen LogP contribution in [0.1, 0.15) is 12.6 Å². The number of aliphatic carboxylic acids is 1. The lowest BCUT2D eigenvalue weighted by Crippen LogP contribution is -2.43. The fourth-order valence-electron chi connectivity index (χ4n) is 1.55. The van der Waals surface area contributed by atoms with Gasteiger partial charge in [-0.05, 0) is 13.0 Å². The van der Waals surface area contributed by atoms with Gasteiger partial charge < -0.3 is 15.3 Å². The minimum atomic E-state index is -1.02. The molecular formula is C11H18N4O3. The second-order valence-electron chi connectivity index (χ2n) is 3.84. The van der Waals surface area contributed by atoms with Crippen molar-refractivity contribution in [3.8, 4) is 0 Å². The Balaban J connectivity index is 2.36. The predicted molar refractivity (Wildman–Crippen MR) is 65.2 cm³/mol. The number of aromatic nitrogens is 2. The fourth-order valence-corrected chi connectivity index (χ4v) is 1.55. The van der Waals surface area contributed by atoms with Gasteiger partial charge in [0.2, 0.25) is 0 Å². The fraction of sp³-hybridized carbons (Fsp3) is 0.545. The molecule has 0 fully saturated rings. The van der Waals surface area contributed by atoms with E-state index >= 15 is 0 Å². The molecule has 1 heterocycles. The SMILES string of the molecule is CCN(CC(=O)O)C(=O)NCCc1ccnn1C. The van der Waals surface area contributed by atoms with Gasteiger partial charge in [-0.25, -0.2) is 4.79 Å². The zero-order valence-electron chi connectivity index (χ0n) is 10.6. The summed E-state index contributed by atoms with van der Waals surface area (Å²) in [4.78, 5) is 23.4. The van der Waals surface area contributed by atoms with Gasteiger partial charge in [0, 0.05) is 38.4 Å². The molecule has 7 heteroatoms. The van der Waals surface area contributed by atoms with Gasteiger partial charge in [0.25, 0.3) is 0 Å². The lowest BCUT2D eigenvalue weighted by atomic mass is 10.3. The van der Waals surface area contributed by atoms with Crippen molar-refractivity contribution in [1.29, 1.82) is 0 Å². The smallest absolute Gasteiger partial charge is 0.323 e. The van der Waals surface area contributed by atoms with E-state index in [1.807, 2.05) is 13.1 Å². The molecule has 0 aliphatic rings. The third kappa shape index (κ3) is 4.08. The summed E-state index contributed by atoms with van der Waals surface area (Å²) < 4.78 is 1.74. The number of carboxylic acid groups (broad SMARTS) is 1. The Bertz CT molecular complexity index is 416. The molecule has 1 aromatic rings. The number of aryl methyl sites for hydroxylation is 1. The first kappa shape index (κ1) is 14.0. The maximum atomic E-state index is 11.7. The highest BCUT2D eigenvalue weighted by Crippen LogP contribution is 1.96. The summed E-state index contributed by atoms with van der Waals surface area (Å²) in [6.07, 6.45) is 2.35.